The second kappa shape index (κ2) is 9.29. The Balaban J connectivity index is 1.93. The van der Waals surface area contributed by atoms with Gasteiger partial charge in [0.15, 0.2) is 20.4 Å². The average Bonchev–Trinajstić information content (AvgIpc) is 3.14. The summed E-state index contributed by atoms with van der Waals surface area (Å²) in [6, 6.07) is 9.95. The van der Waals surface area contributed by atoms with Crippen LogP contribution in [0.25, 0.3) is 0 Å². The van der Waals surface area contributed by atoms with Gasteiger partial charge in [0.05, 0.1) is 19.3 Å². The summed E-state index contributed by atoms with van der Waals surface area (Å²) >= 11 is 0. The number of aliphatic hydroxyl groups is 1. The summed E-state index contributed by atoms with van der Waals surface area (Å²) in [7, 11) is -2.12. The summed E-state index contributed by atoms with van der Waals surface area (Å²) < 4.78 is 31.7. The number of hydrogen-bond donors (Lipinski definition) is 1. The number of aliphatic hydroxyl groups excluding tert-OH is 1. The Morgan fingerprint density at radius 3 is 2.41 bits per heavy atom. The second-order valence-corrected chi connectivity index (χ2v) is 15.7. The summed E-state index contributed by atoms with van der Waals surface area (Å²) in [6.07, 6.45) is -0.546. The lowest BCUT2D eigenvalue weighted by Crippen LogP contribution is -2.59. The molecule has 1 N–H and O–H groups in total. The first-order valence-corrected chi connectivity index (χ1v) is 14.3. The van der Waals surface area contributed by atoms with Crippen LogP contribution < -0.4 is 0 Å². The maximum Gasteiger partial charge on any atom is 0.192 e. The first-order valence-electron chi connectivity index (χ1n) is 11.4. The maximum absolute atomic E-state index is 11.3. The third kappa shape index (κ3) is 5.19. The zero-order chi connectivity index (χ0) is 23.8. The van der Waals surface area contributed by atoms with E-state index in [1.165, 1.54) is 0 Å². The number of ether oxygens (including phenoxy) is 4. The quantitative estimate of drug-likeness (QED) is 0.419. The summed E-state index contributed by atoms with van der Waals surface area (Å²) in [4.78, 5) is 0. The molecule has 2 aliphatic heterocycles. The molecule has 0 spiro atoms. The van der Waals surface area contributed by atoms with Gasteiger partial charge in [-0.15, -0.1) is 6.58 Å². The molecule has 7 heteroatoms. The van der Waals surface area contributed by atoms with Crippen LogP contribution in [-0.4, -0.2) is 56.0 Å². The van der Waals surface area contributed by atoms with Gasteiger partial charge in [-0.25, -0.2) is 0 Å². The fourth-order valence-corrected chi connectivity index (χ4v) is 4.98. The van der Waals surface area contributed by atoms with E-state index in [2.05, 4.69) is 40.4 Å². The van der Waals surface area contributed by atoms with Crippen molar-refractivity contribution in [2.45, 2.75) is 102 Å². The van der Waals surface area contributed by atoms with Gasteiger partial charge in [0.1, 0.15) is 17.8 Å². The molecule has 0 bridgehead atoms. The van der Waals surface area contributed by atoms with Gasteiger partial charge in [0.25, 0.3) is 0 Å². The summed E-state index contributed by atoms with van der Waals surface area (Å²) in [5.41, 5.74) is -0.101. The lowest BCUT2D eigenvalue weighted by atomic mass is 9.88. The first kappa shape index (κ1) is 25.6. The molecular formula is C25H40O6Si. The van der Waals surface area contributed by atoms with Crippen molar-refractivity contribution in [2.75, 3.05) is 6.61 Å². The second-order valence-electron chi connectivity index (χ2n) is 10.8. The zero-order valence-corrected chi connectivity index (χ0v) is 21.6. The van der Waals surface area contributed by atoms with Crippen molar-refractivity contribution in [3.8, 4) is 0 Å². The fraction of sp³-hybridized carbons (Fsp3) is 0.680. The number of rotatable bonds is 9. The molecule has 0 amide bonds. The minimum atomic E-state index is -2.12. The van der Waals surface area contributed by atoms with Crippen LogP contribution in [0.2, 0.25) is 18.1 Å². The Bertz CT molecular complexity index is 774. The molecule has 2 aliphatic rings. The molecule has 0 saturated carbocycles. The van der Waals surface area contributed by atoms with Crippen LogP contribution in [0.15, 0.2) is 43.0 Å². The van der Waals surface area contributed by atoms with Gasteiger partial charge in [0.2, 0.25) is 0 Å². The van der Waals surface area contributed by atoms with Crippen LogP contribution in [0.5, 0.6) is 0 Å². The first-order chi connectivity index (χ1) is 14.8. The molecule has 1 unspecified atom stereocenters. The normalized spacial score (nSPS) is 30.8. The molecule has 5 atom stereocenters. The van der Waals surface area contributed by atoms with Gasteiger partial charge in [-0.1, -0.05) is 57.2 Å². The molecule has 2 saturated heterocycles. The van der Waals surface area contributed by atoms with E-state index in [0.717, 1.165) is 5.56 Å². The minimum Gasteiger partial charge on any atom is -0.414 e. The molecule has 3 rings (SSSR count). The molecule has 0 aromatic heterocycles. The number of hydrogen-bond acceptors (Lipinski definition) is 6. The largest absolute Gasteiger partial charge is 0.414 e. The SMILES string of the molecule is C=CCC(O)[C@@]1(CO[Si](C)(C)C(C)(C)C)O[C@@H]2OC(C)(C)O[C@@H]2[C@H]1OCc1ccccc1. The van der Waals surface area contributed by atoms with Crippen LogP contribution in [0.3, 0.4) is 0 Å². The Kier molecular flexibility index (Phi) is 7.42. The Morgan fingerprint density at radius 2 is 1.81 bits per heavy atom. The smallest absolute Gasteiger partial charge is 0.192 e. The van der Waals surface area contributed by atoms with E-state index in [1.807, 2.05) is 44.2 Å². The molecule has 0 aliphatic carbocycles. The fourth-order valence-electron chi connectivity index (χ4n) is 3.96. The summed E-state index contributed by atoms with van der Waals surface area (Å²) in [5.74, 6) is -0.792. The lowest BCUT2D eigenvalue weighted by molar-refractivity contribution is -0.270. The van der Waals surface area contributed by atoms with Gasteiger partial charge in [-0.2, -0.15) is 0 Å². The van der Waals surface area contributed by atoms with Crippen molar-refractivity contribution in [2.24, 2.45) is 0 Å². The molecule has 2 fully saturated rings. The summed E-state index contributed by atoms with van der Waals surface area (Å²) in [5, 5.41) is 11.3. The Hall–Kier alpha value is -1.06. The van der Waals surface area contributed by atoms with E-state index in [-0.39, 0.29) is 11.6 Å². The van der Waals surface area contributed by atoms with Crippen LogP contribution in [0.1, 0.15) is 46.6 Å². The number of benzene rings is 1. The van der Waals surface area contributed by atoms with E-state index in [1.54, 1.807) is 6.08 Å². The molecule has 2 heterocycles. The van der Waals surface area contributed by atoms with Crippen molar-refractivity contribution < 1.29 is 28.5 Å². The third-order valence-electron chi connectivity index (χ3n) is 6.89. The molecule has 1 aromatic carbocycles. The van der Waals surface area contributed by atoms with Crippen LogP contribution in [0.4, 0.5) is 0 Å². The van der Waals surface area contributed by atoms with Crippen molar-refractivity contribution >= 4 is 8.32 Å². The average molecular weight is 465 g/mol. The molecule has 6 nitrogen and oxygen atoms in total. The van der Waals surface area contributed by atoms with Crippen molar-refractivity contribution in [3.63, 3.8) is 0 Å². The summed E-state index contributed by atoms with van der Waals surface area (Å²) in [6.45, 7) is 19.0. The van der Waals surface area contributed by atoms with Gasteiger partial charge in [-0.05, 0) is 44.0 Å². The molecule has 32 heavy (non-hydrogen) atoms. The van der Waals surface area contributed by atoms with Crippen LogP contribution in [0, 0.1) is 0 Å². The zero-order valence-electron chi connectivity index (χ0n) is 20.6. The molecule has 0 radical (unpaired) electrons. The van der Waals surface area contributed by atoms with Gasteiger partial charge < -0.3 is 28.5 Å². The minimum absolute atomic E-state index is 0.0153. The van der Waals surface area contributed by atoms with Crippen molar-refractivity contribution in [1.29, 1.82) is 0 Å². The van der Waals surface area contributed by atoms with Crippen LogP contribution in [-0.2, 0) is 30.0 Å². The highest BCUT2D eigenvalue weighted by Crippen LogP contribution is 2.47. The predicted octanol–water partition coefficient (Wildman–Crippen LogP) is 4.78. The van der Waals surface area contributed by atoms with E-state index in [9.17, 15) is 5.11 Å². The van der Waals surface area contributed by atoms with Gasteiger partial charge in [-0.3, -0.25) is 0 Å². The van der Waals surface area contributed by atoms with Gasteiger partial charge in [0, 0.05) is 0 Å². The van der Waals surface area contributed by atoms with E-state index >= 15 is 0 Å². The predicted molar refractivity (Wildman–Crippen MR) is 127 cm³/mol. The van der Waals surface area contributed by atoms with Gasteiger partial charge >= 0.3 is 0 Å². The van der Waals surface area contributed by atoms with Crippen LogP contribution >= 0.6 is 0 Å². The van der Waals surface area contributed by atoms with Crippen molar-refractivity contribution in [3.05, 3.63) is 48.6 Å². The Morgan fingerprint density at radius 1 is 1.16 bits per heavy atom. The van der Waals surface area contributed by atoms with Crippen molar-refractivity contribution in [1.82, 2.24) is 0 Å². The highest BCUT2D eigenvalue weighted by molar-refractivity contribution is 6.74. The number of fused-ring (bicyclic) bond motifs is 1. The monoisotopic (exact) mass is 464 g/mol. The standard InChI is InChI=1S/C25H40O6Si/c1-9-13-19(26)25(17-28-32(7,8)23(2,3)4)21(27-16-18-14-11-10-12-15-18)20-22(31-25)30-24(5,6)29-20/h9-12,14-15,19-22,26H,1,13,16-17H2,2-8H3/t19?,20-,21-,22+,25-/m1/s1. The van der Waals surface area contributed by atoms with E-state index in [0.29, 0.717) is 13.0 Å². The molecule has 1 aromatic rings. The molecule has 180 valence electrons. The lowest BCUT2D eigenvalue weighted by Gasteiger charge is -2.44. The third-order valence-corrected chi connectivity index (χ3v) is 11.4. The van der Waals surface area contributed by atoms with E-state index in [4.69, 9.17) is 23.4 Å². The maximum atomic E-state index is 11.3. The van der Waals surface area contributed by atoms with E-state index < -0.39 is 44.3 Å². The Labute approximate surface area is 194 Å². The topological polar surface area (TPSA) is 66.4 Å². The molecular weight excluding hydrogens is 424 g/mol. The highest BCUT2D eigenvalue weighted by Gasteiger charge is 2.65. The highest BCUT2D eigenvalue weighted by atomic mass is 28.4.